The van der Waals surface area contributed by atoms with E-state index in [1.165, 1.54) is 13.5 Å². The van der Waals surface area contributed by atoms with E-state index >= 15 is 0 Å². The van der Waals surface area contributed by atoms with Crippen LogP contribution in [-0.2, 0) is 16.1 Å². The molecule has 1 saturated heterocycles. The number of methoxy groups -OCH3 is 2. The number of ether oxygens (including phenoxy) is 2. The van der Waals surface area contributed by atoms with Crippen LogP contribution in [0.5, 0.6) is 11.5 Å². The SMILES string of the molecule is COc1ccc(N(NC(=O)c2c(C)cccc2N2CCCCC2)OC(=O)Cc2cc(OC)c(C#N)cc2Br)cc1. The molecule has 4 rings (SSSR count). The second kappa shape index (κ2) is 13.2. The maximum atomic E-state index is 13.7. The molecule has 0 unspecified atom stereocenters. The predicted molar refractivity (Wildman–Crippen MR) is 155 cm³/mol. The Morgan fingerprint density at radius 3 is 2.42 bits per heavy atom. The molecule has 10 heteroatoms. The zero-order chi connectivity index (χ0) is 28.6. The van der Waals surface area contributed by atoms with E-state index in [4.69, 9.17) is 14.3 Å². The molecule has 1 N–H and O–H groups in total. The molecule has 1 fully saturated rings. The Morgan fingerprint density at radius 1 is 1.05 bits per heavy atom. The number of hydrogen-bond donors (Lipinski definition) is 1. The summed E-state index contributed by atoms with van der Waals surface area (Å²) in [5.41, 5.74) is 6.30. The molecule has 1 aliphatic heterocycles. The van der Waals surface area contributed by atoms with Crippen molar-refractivity contribution in [1.82, 2.24) is 5.43 Å². The van der Waals surface area contributed by atoms with Crippen LogP contribution >= 0.6 is 15.9 Å². The first kappa shape index (κ1) is 28.8. The highest BCUT2D eigenvalue weighted by atomic mass is 79.9. The lowest BCUT2D eigenvalue weighted by atomic mass is 10.0. The molecule has 0 spiro atoms. The number of amides is 1. The van der Waals surface area contributed by atoms with Gasteiger partial charge >= 0.3 is 5.97 Å². The average Bonchev–Trinajstić information content (AvgIpc) is 2.97. The molecule has 0 aromatic heterocycles. The summed E-state index contributed by atoms with van der Waals surface area (Å²) in [6.07, 6.45) is 3.17. The molecule has 9 nitrogen and oxygen atoms in total. The summed E-state index contributed by atoms with van der Waals surface area (Å²) in [6.45, 7) is 3.65. The van der Waals surface area contributed by atoms with Crippen molar-refractivity contribution < 1.29 is 23.9 Å². The van der Waals surface area contributed by atoms with Crippen molar-refractivity contribution in [2.45, 2.75) is 32.6 Å². The third-order valence-electron chi connectivity index (χ3n) is 6.70. The van der Waals surface area contributed by atoms with Gasteiger partial charge in [0.05, 0.1) is 37.5 Å². The first-order valence-corrected chi connectivity index (χ1v) is 13.7. The van der Waals surface area contributed by atoms with Crippen LogP contribution < -0.4 is 25.0 Å². The summed E-state index contributed by atoms with van der Waals surface area (Å²) < 4.78 is 11.1. The number of hydrogen-bond acceptors (Lipinski definition) is 8. The van der Waals surface area contributed by atoms with Crippen LogP contribution in [0.2, 0.25) is 0 Å². The molecular weight excluding hydrogens is 576 g/mol. The van der Waals surface area contributed by atoms with Crippen LogP contribution in [0.3, 0.4) is 0 Å². The molecule has 40 heavy (non-hydrogen) atoms. The number of nitrogens with one attached hydrogen (secondary N) is 1. The fourth-order valence-electron chi connectivity index (χ4n) is 4.63. The summed E-state index contributed by atoms with van der Waals surface area (Å²) >= 11 is 3.42. The van der Waals surface area contributed by atoms with Crippen LogP contribution in [0.15, 0.2) is 59.1 Å². The molecule has 0 radical (unpaired) electrons. The molecule has 1 aliphatic rings. The van der Waals surface area contributed by atoms with Crippen LogP contribution in [-0.4, -0.2) is 39.2 Å². The van der Waals surface area contributed by atoms with Gasteiger partial charge in [0.2, 0.25) is 0 Å². The number of carbonyl (C=O) groups is 2. The average molecular weight is 608 g/mol. The Balaban J connectivity index is 1.61. The van der Waals surface area contributed by atoms with Gasteiger partial charge in [0.1, 0.15) is 17.6 Å². The largest absolute Gasteiger partial charge is 0.497 e. The minimum atomic E-state index is -0.635. The molecule has 0 saturated carbocycles. The van der Waals surface area contributed by atoms with Crippen molar-refractivity contribution in [3.8, 4) is 17.6 Å². The normalized spacial score (nSPS) is 12.7. The van der Waals surface area contributed by atoms with Gasteiger partial charge in [0.25, 0.3) is 5.91 Å². The van der Waals surface area contributed by atoms with E-state index in [1.54, 1.807) is 43.5 Å². The van der Waals surface area contributed by atoms with Crippen molar-refractivity contribution in [3.05, 3.63) is 81.3 Å². The minimum absolute atomic E-state index is 0.144. The number of nitriles is 1. The summed E-state index contributed by atoms with van der Waals surface area (Å²) in [7, 11) is 3.01. The highest BCUT2D eigenvalue weighted by Gasteiger charge is 2.24. The Hall–Kier alpha value is -4.23. The zero-order valence-corrected chi connectivity index (χ0v) is 24.3. The lowest BCUT2D eigenvalue weighted by molar-refractivity contribution is -0.145. The third-order valence-corrected chi connectivity index (χ3v) is 7.44. The number of nitrogens with zero attached hydrogens (tertiary/aromatic N) is 3. The summed E-state index contributed by atoms with van der Waals surface area (Å²) in [4.78, 5) is 34.8. The molecular formula is C30H31BrN4O5. The number of anilines is 2. The molecule has 0 atom stereocenters. The fourth-order valence-corrected chi connectivity index (χ4v) is 5.11. The second-order valence-electron chi connectivity index (χ2n) is 9.35. The van der Waals surface area contributed by atoms with E-state index in [2.05, 4.69) is 32.3 Å². The maximum absolute atomic E-state index is 13.7. The van der Waals surface area contributed by atoms with Crippen LogP contribution in [0.25, 0.3) is 0 Å². The number of benzene rings is 3. The van der Waals surface area contributed by atoms with Gasteiger partial charge in [0.15, 0.2) is 0 Å². The Labute approximate surface area is 242 Å². The lowest BCUT2D eigenvalue weighted by Gasteiger charge is -2.31. The number of hydrazine groups is 1. The Morgan fingerprint density at radius 2 is 1.77 bits per heavy atom. The monoisotopic (exact) mass is 606 g/mol. The zero-order valence-electron chi connectivity index (χ0n) is 22.7. The summed E-state index contributed by atoms with van der Waals surface area (Å²) in [6, 6.07) is 17.8. The predicted octanol–water partition coefficient (Wildman–Crippen LogP) is 5.49. The van der Waals surface area contributed by atoms with Gasteiger partial charge in [-0.25, -0.2) is 10.2 Å². The van der Waals surface area contributed by atoms with Crippen LogP contribution in [0.4, 0.5) is 11.4 Å². The number of rotatable bonds is 9. The molecule has 0 aliphatic carbocycles. The van der Waals surface area contributed by atoms with Crippen LogP contribution in [0.1, 0.15) is 46.3 Å². The maximum Gasteiger partial charge on any atom is 0.339 e. The van der Waals surface area contributed by atoms with Gasteiger partial charge in [-0.1, -0.05) is 28.1 Å². The van der Waals surface area contributed by atoms with Crippen molar-refractivity contribution in [1.29, 1.82) is 5.26 Å². The van der Waals surface area contributed by atoms with Crippen LogP contribution in [0, 0.1) is 18.3 Å². The smallest absolute Gasteiger partial charge is 0.339 e. The molecule has 3 aromatic carbocycles. The van der Waals surface area contributed by atoms with E-state index in [0.717, 1.165) is 42.4 Å². The quantitative estimate of drug-likeness (QED) is 0.319. The van der Waals surface area contributed by atoms with Gasteiger partial charge in [0, 0.05) is 23.2 Å². The summed E-state index contributed by atoms with van der Waals surface area (Å²) in [5, 5.41) is 10.4. The highest BCUT2D eigenvalue weighted by Crippen LogP contribution is 2.29. The molecule has 1 amide bonds. The van der Waals surface area contributed by atoms with Crippen molar-refractivity contribution in [2.75, 3.05) is 37.4 Å². The van der Waals surface area contributed by atoms with Crippen molar-refractivity contribution in [3.63, 3.8) is 0 Å². The van der Waals surface area contributed by atoms with E-state index in [1.807, 2.05) is 25.1 Å². The summed E-state index contributed by atoms with van der Waals surface area (Å²) in [5.74, 6) is -0.0759. The fraction of sp³-hybridized carbons (Fsp3) is 0.300. The Bertz CT molecular complexity index is 1410. The van der Waals surface area contributed by atoms with Crippen molar-refractivity contribution in [2.24, 2.45) is 0 Å². The second-order valence-corrected chi connectivity index (χ2v) is 10.2. The molecule has 1 heterocycles. The minimum Gasteiger partial charge on any atom is -0.497 e. The van der Waals surface area contributed by atoms with Gasteiger partial charge in [-0.2, -0.15) is 5.26 Å². The van der Waals surface area contributed by atoms with E-state index in [0.29, 0.717) is 38.3 Å². The highest BCUT2D eigenvalue weighted by molar-refractivity contribution is 9.10. The Kier molecular flexibility index (Phi) is 9.51. The van der Waals surface area contributed by atoms with Gasteiger partial charge < -0.3 is 19.2 Å². The standard InChI is InChI=1S/C30H31BrN4O5/c1-20-8-7-9-26(34-14-5-4-6-15-34)29(20)30(37)33-35(23-10-12-24(38-2)13-11-23)40-28(36)18-21-17-27(39-3)22(19-32)16-25(21)31/h7-13,16-17H,4-6,14-15,18H2,1-3H3,(H,33,37). The first-order chi connectivity index (χ1) is 19.3. The number of carbonyl (C=O) groups excluding carboxylic acids is 2. The number of halogens is 1. The van der Waals surface area contributed by atoms with Gasteiger partial charge in [-0.15, -0.1) is 5.17 Å². The third kappa shape index (κ3) is 6.66. The van der Waals surface area contributed by atoms with Gasteiger partial charge in [-0.05, 0) is 79.8 Å². The molecule has 3 aromatic rings. The topological polar surface area (TPSA) is 104 Å². The number of piperidine rings is 1. The lowest BCUT2D eigenvalue weighted by Crippen LogP contribution is -2.45. The first-order valence-electron chi connectivity index (χ1n) is 12.9. The molecule has 208 valence electrons. The van der Waals surface area contributed by atoms with E-state index < -0.39 is 11.9 Å². The van der Waals surface area contributed by atoms with Gasteiger partial charge in [-0.3, -0.25) is 4.79 Å². The molecule has 0 bridgehead atoms. The van der Waals surface area contributed by atoms with E-state index in [9.17, 15) is 14.9 Å². The number of aryl methyl sites for hydroxylation is 1. The van der Waals surface area contributed by atoms with Crippen molar-refractivity contribution >= 4 is 39.2 Å². The van der Waals surface area contributed by atoms with E-state index in [-0.39, 0.29) is 6.42 Å².